The monoisotopic (exact) mass is 254 g/mol. The molecule has 3 heteroatoms. The minimum Gasteiger partial charge on any atom is -0.389 e. The molecule has 1 atom stereocenters. The first-order valence-electron chi connectivity index (χ1n) is 5.97. The number of benzene rings is 1. The molecule has 1 N–H and O–H groups in total. The molecule has 1 aliphatic carbocycles. The molecule has 0 bridgehead atoms. The fourth-order valence-corrected chi connectivity index (χ4v) is 2.40. The zero-order chi connectivity index (χ0) is 12.3. The molecule has 1 nitrogen and oxygen atoms in total. The van der Waals surface area contributed by atoms with E-state index in [9.17, 15) is 9.50 Å². The molecule has 1 aromatic carbocycles. The lowest BCUT2D eigenvalue weighted by atomic mass is 10.0. The van der Waals surface area contributed by atoms with Crippen molar-refractivity contribution in [2.24, 2.45) is 0 Å². The predicted octanol–water partition coefficient (Wildman–Crippen LogP) is 3.88. The Morgan fingerprint density at radius 1 is 1.35 bits per heavy atom. The van der Waals surface area contributed by atoms with Crippen LogP contribution < -0.4 is 0 Å². The summed E-state index contributed by atoms with van der Waals surface area (Å²) in [5.41, 5.74) is 1.95. The van der Waals surface area contributed by atoms with Crippen molar-refractivity contribution < 1.29 is 9.50 Å². The minimum atomic E-state index is -0.361. The Balaban J connectivity index is 2.16. The quantitative estimate of drug-likeness (QED) is 0.794. The van der Waals surface area contributed by atoms with Crippen molar-refractivity contribution in [3.05, 3.63) is 46.3 Å². The highest BCUT2D eigenvalue weighted by molar-refractivity contribution is 6.31. The van der Waals surface area contributed by atoms with E-state index in [4.69, 9.17) is 11.6 Å². The van der Waals surface area contributed by atoms with Crippen molar-refractivity contribution in [2.45, 2.75) is 38.2 Å². The van der Waals surface area contributed by atoms with Gasteiger partial charge in [0.2, 0.25) is 0 Å². The molecule has 1 aliphatic rings. The third-order valence-electron chi connectivity index (χ3n) is 3.10. The maximum absolute atomic E-state index is 13.1. The smallest absolute Gasteiger partial charge is 0.123 e. The van der Waals surface area contributed by atoms with Crippen molar-refractivity contribution >= 4 is 11.6 Å². The lowest BCUT2D eigenvalue weighted by Gasteiger charge is -2.08. The normalized spacial score (nSPS) is 20.9. The van der Waals surface area contributed by atoms with Gasteiger partial charge in [-0.3, -0.25) is 0 Å². The van der Waals surface area contributed by atoms with Gasteiger partial charge in [-0.05, 0) is 49.4 Å². The molecular weight excluding hydrogens is 239 g/mol. The third kappa shape index (κ3) is 3.55. The highest BCUT2D eigenvalue weighted by Gasteiger charge is 2.11. The van der Waals surface area contributed by atoms with E-state index in [2.05, 4.69) is 0 Å². The van der Waals surface area contributed by atoms with Gasteiger partial charge in [0.25, 0.3) is 0 Å². The number of rotatable bonds is 2. The second-order valence-electron chi connectivity index (χ2n) is 4.55. The van der Waals surface area contributed by atoms with E-state index in [0.29, 0.717) is 11.4 Å². The van der Waals surface area contributed by atoms with E-state index < -0.39 is 0 Å². The fraction of sp³-hybridized carbons (Fsp3) is 0.429. The van der Waals surface area contributed by atoms with Crippen LogP contribution in [0.5, 0.6) is 0 Å². The van der Waals surface area contributed by atoms with E-state index in [1.165, 1.54) is 12.1 Å². The number of halogens is 2. The summed E-state index contributed by atoms with van der Waals surface area (Å²) in [5, 5.41) is 10.3. The lowest BCUT2D eigenvalue weighted by Crippen LogP contribution is -2.01. The largest absolute Gasteiger partial charge is 0.389 e. The molecular formula is C14H16ClFO. The number of hydrogen-bond acceptors (Lipinski definition) is 1. The van der Waals surface area contributed by atoms with Gasteiger partial charge in [0, 0.05) is 5.02 Å². The van der Waals surface area contributed by atoms with E-state index >= 15 is 0 Å². The lowest BCUT2D eigenvalue weighted by molar-refractivity contribution is 0.211. The standard InChI is InChI=1S/C14H16ClFO/c15-14-6-5-12(16)9-11(14)7-10-3-1-2-4-13(17)8-10/h5-6,8-9,13,17H,1-4,7H2. The molecule has 0 saturated carbocycles. The summed E-state index contributed by atoms with van der Waals surface area (Å²) < 4.78 is 13.1. The van der Waals surface area contributed by atoms with E-state index in [0.717, 1.165) is 36.8 Å². The predicted molar refractivity (Wildman–Crippen MR) is 67.7 cm³/mol. The van der Waals surface area contributed by atoms with Crippen LogP contribution in [0.3, 0.4) is 0 Å². The number of hydrogen-bond donors (Lipinski definition) is 1. The number of aliphatic hydroxyl groups excluding tert-OH is 1. The first kappa shape index (κ1) is 12.6. The Hall–Kier alpha value is -0.860. The molecule has 0 heterocycles. The molecule has 0 aliphatic heterocycles. The van der Waals surface area contributed by atoms with Gasteiger partial charge in [-0.2, -0.15) is 0 Å². The van der Waals surface area contributed by atoms with Crippen molar-refractivity contribution in [1.82, 2.24) is 0 Å². The van der Waals surface area contributed by atoms with Gasteiger partial charge in [-0.25, -0.2) is 4.39 Å². The molecule has 0 aromatic heterocycles. The van der Waals surface area contributed by atoms with Gasteiger partial charge in [-0.1, -0.05) is 29.7 Å². The van der Waals surface area contributed by atoms with Crippen LogP contribution in [0.2, 0.25) is 5.02 Å². The highest BCUT2D eigenvalue weighted by Crippen LogP contribution is 2.25. The van der Waals surface area contributed by atoms with E-state index in [-0.39, 0.29) is 11.9 Å². The average molecular weight is 255 g/mol. The summed E-state index contributed by atoms with van der Waals surface area (Å²) >= 11 is 6.04. The summed E-state index contributed by atoms with van der Waals surface area (Å²) in [7, 11) is 0. The van der Waals surface area contributed by atoms with Crippen LogP contribution in [-0.4, -0.2) is 11.2 Å². The SMILES string of the molecule is OC1C=C(Cc2cc(F)ccc2Cl)CCCC1. The van der Waals surface area contributed by atoms with Crippen molar-refractivity contribution in [2.75, 3.05) is 0 Å². The number of aliphatic hydroxyl groups is 1. The molecule has 0 amide bonds. The molecule has 2 rings (SSSR count). The second-order valence-corrected chi connectivity index (χ2v) is 4.96. The van der Waals surface area contributed by atoms with E-state index in [1.54, 1.807) is 6.07 Å². The van der Waals surface area contributed by atoms with Crippen LogP contribution in [0.1, 0.15) is 31.2 Å². The maximum Gasteiger partial charge on any atom is 0.123 e. The van der Waals surface area contributed by atoms with Gasteiger partial charge < -0.3 is 5.11 Å². The summed E-state index contributed by atoms with van der Waals surface area (Å²) in [6, 6.07) is 4.42. The Bertz CT molecular complexity index is 428. The first-order valence-corrected chi connectivity index (χ1v) is 6.34. The van der Waals surface area contributed by atoms with E-state index in [1.807, 2.05) is 6.08 Å². The van der Waals surface area contributed by atoms with Crippen molar-refractivity contribution in [1.29, 1.82) is 0 Å². The molecule has 0 fully saturated rings. The van der Waals surface area contributed by atoms with Crippen LogP contribution in [-0.2, 0) is 6.42 Å². The average Bonchev–Trinajstić information content (AvgIpc) is 2.48. The van der Waals surface area contributed by atoms with Crippen LogP contribution in [0.25, 0.3) is 0 Å². The van der Waals surface area contributed by atoms with Gasteiger partial charge in [-0.15, -0.1) is 0 Å². The Morgan fingerprint density at radius 3 is 3.00 bits per heavy atom. The van der Waals surface area contributed by atoms with Crippen LogP contribution in [0.4, 0.5) is 4.39 Å². The molecule has 1 unspecified atom stereocenters. The fourth-order valence-electron chi connectivity index (χ4n) is 2.22. The summed E-state index contributed by atoms with van der Waals surface area (Å²) in [4.78, 5) is 0. The first-order chi connectivity index (χ1) is 8.15. The molecule has 1 aromatic rings. The zero-order valence-electron chi connectivity index (χ0n) is 9.63. The van der Waals surface area contributed by atoms with Crippen LogP contribution in [0, 0.1) is 5.82 Å². The Kier molecular flexibility index (Phi) is 4.19. The summed E-state index contributed by atoms with van der Waals surface area (Å²) in [6.45, 7) is 0. The zero-order valence-corrected chi connectivity index (χ0v) is 10.4. The van der Waals surface area contributed by atoms with Gasteiger partial charge in [0.05, 0.1) is 6.10 Å². The summed E-state index contributed by atoms with van der Waals surface area (Å²) in [6.07, 6.45) is 6.07. The third-order valence-corrected chi connectivity index (χ3v) is 3.47. The molecule has 17 heavy (non-hydrogen) atoms. The maximum atomic E-state index is 13.1. The van der Waals surface area contributed by atoms with Crippen LogP contribution in [0.15, 0.2) is 29.8 Å². The molecule has 0 spiro atoms. The van der Waals surface area contributed by atoms with Crippen molar-refractivity contribution in [3.8, 4) is 0 Å². The molecule has 92 valence electrons. The second kappa shape index (κ2) is 5.65. The highest BCUT2D eigenvalue weighted by atomic mass is 35.5. The van der Waals surface area contributed by atoms with Crippen LogP contribution >= 0.6 is 11.6 Å². The van der Waals surface area contributed by atoms with Gasteiger partial charge in [0.1, 0.15) is 5.82 Å². The topological polar surface area (TPSA) is 20.2 Å². The van der Waals surface area contributed by atoms with Crippen molar-refractivity contribution in [3.63, 3.8) is 0 Å². The molecule has 0 radical (unpaired) electrons. The van der Waals surface area contributed by atoms with Gasteiger partial charge >= 0.3 is 0 Å². The summed E-state index contributed by atoms with van der Waals surface area (Å²) in [5.74, 6) is -0.265. The Labute approximate surface area is 106 Å². The molecule has 0 saturated heterocycles. The Morgan fingerprint density at radius 2 is 2.18 bits per heavy atom. The van der Waals surface area contributed by atoms with Gasteiger partial charge in [0.15, 0.2) is 0 Å². The minimum absolute atomic E-state index is 0.265. The number of allylic oxidation sites excluding steroid dienone is 1.